The molecule has 3 nitrogen and oxygen atoms in total. The van der Waals surface area contributed by atoms with Gasteiger partial charge in [0.05, 0.1) is 0 Å². The highest BCUT2D eigenvalue weighted by molar-refractivity contribution is 5.93. The number of ketones is 2. The molecule has 1 heterocycles. The monoisotopic (exact) mass is 254 g/mol. The van der Waals surface area contributed by atoms with Crippen LogP contribution in [0.15, 0.2) is 48.5 Å². The van der Waals surface area contributed by atoms with Crippen LogP contribution in [0.4, 0.5) is 0 Å². The first-order chi connectivity index (χ1) is 9.09. The van der Waals surface area contributed by atoms with Gasteiger partial charge in [-0.2, -0.15) is 4.57 Å². The predicted molar refractivity (Wildman–Crippen MR) is 72.2 cm³/mol. The molecule has 0 saturated carbocycles. The van der Waals surface area contributed by atoms with Gasteiger partial charge in [-0.1, -0.05) is 30.3 Å². The van der Waals surface area contributed by atoms with Crippen LogP contribution in [0.3, 0.4) is 0 Å². The number of hydrogen-bond acceptors (Lipinski definition) is 2. The lowest BCUT2D eigenvalue weighted by Gasteiger charge is -2.05. The van der Waals surface area contributed by atoms with Gasteiger partial charge in [-0.3, -0.25) is 9.59 Å². The van der Waals surface area contributed by atoms with Crippen LogP contribution in [0, 0.1) is 0 Å². The van der Waals surface area contributed by atoms with E-state index in [1.807, 2.05) is 30.3 Å². The van der Waals surface area contributed by atoms with E-state index in [0.29, 0.717) is 17.9 Å². The van der Waals surface area contributed by atoms with Crippen LogP contribution in [0.25, 0.3) is 0 Å². The third-order valence-electron chi connectivity index (χ3n) is 2.99. The smallest absolute Gasteiger partial charge is 0.249 e. The standard InChI is InChI=1S/C16H16NO2/c1-12(18)15-9-6-10-16(13(2)19)17(15)11-14-7-4-3-5-8-14/h3-10H,11H2,1-2H3/q+1. The Bertz CT molecular complexity index is 586. The zero-order valence-corrected chi connectivity index (χ0v) is 11.1. The van der Waals surface area contributed by atoms with E-state index in [-0.39, 0.29) is 11.6 Å². The first kappa shape index (κ1) is 13.1. The normalized spacial score (nSPS) is 10.2. The van der Waals surface area contributed by atoms with Gasteiger partial charge in [-0.15, -0.1) is 0 Å². The Hall–Kier alpha value is -2.29. The summed E-state index contributed by atoms with van der Waals surface area (Å²) in [5.74, 6) is -0.0851. The number of pyridine rings is 1. The van der Waals surface area contributed by atoms with Crippen molar-refractivity contribution in [1.82, 2.24) is 0 Å². The van der Waals surface area contributed by atoms with E-state index in [0.717, 1.165) is 5.56 Å². The lowest BCUT2D eigenvalue weighted by Crippen LogP contribution is -2.45. The Morgan fingerprint density at radius 3 is 1.84 bits per heavy atom. The van der Waals surface area contributed by atoms with Gasteiger partial charge in [0.15, 0.2) is 6.54 Å². The highest BCUT2D eigenvalue weighted by Crippen LogP contribution is 2.04. The second kappa shape index (κ2) is 5.57. The molecule has 0 fully saturated rings. The molecule has 0 aliphatic rings. The van der Waals surface area contributed by atoms with Gasteiger partial charge in [0.2, 0.25) is 23.0 Å². The largest absolute Gasteiger partial charge is 0.288 e. The summed E-state index contributed by atoms with van der Waals surface area (Å²) < 4.78 is 1.78. The van der Waals surface area contributed by atoms with E-state index in [1.165, 1.54) is 13.8 Å². The number of nitrogens with zero attached hydrogens (tertiary/aromatic N) is 1. The van der Waals surface area contributed by atoms with Crippen molar-refractivity contribution >= 4 is 11.6 Å². The van der Waals surface area contributed by atoms with Crippen LogP contribution in [0.5, 0.6) is 0 Å². The SMILES string of the molecule is CC(=O)c1cccc(C(C)=O)[n+]1Cc1ccccc1. The van der Waals surface area contributed by atoms with Gasteiger partial charge in [0.25, 0.3) is 0 Å². The molecule has 0 aliphatic carbocycles. The molecule has 0 spiro atoms. The Morgan fingerprint density at radius 2 is 1.37 bits per heavy atom. The summed E-state index contributed by atoms with van der Waals surface area (Å²) in [6.07, 6.45) is 0. The van der Waals surface area contributed by atoms with Crippen LogP contribution < -0.4 is 4.57 Å². The summed E-state index contributed by atoms with van der Waals surface area (Å²) in [6, 6.07) is 15.0. The van der Waals surface area contributed by atoms with Gasteiger partial charge in [0, 0.05) is 31.5 Å². The minimum atomic E-state index is -0.0426. The summed E-state index contributed by atoms with van der Waals surface area (Å²) in [4.78, 5) is 23.4. The van der Waals surface area contributed by atoms with Crippen LogP contribution in [-0.4, -0.2) is 11.6 Å². The van der Waals surface area contributed by atoms with E-state index in [9.17, 15) is 9.59 Å². The van der Waals surface area contributed by atoms with E-state index >= 15 is 0 Å². The summed E-state index contributed by atoms with van der Waals surface area (Å²) >= 11 is 0. The maximum Gasteiger partial charge on any atom is 0.249 e. The minimum absolute atomic E-state index is 0.0426. The van der Waals surface area contributed by atoms with E-state index in [4.69, 9.17) is 0 Å². The second-order valence-electron chi connectivity index (χ2n) is 4.48. The van der Waals surface area contributed by atoms with E-state index in [1.54, 1.807) is 22.8 Å². The lowest BCUT2D eigenvalue weighted by atomic mass is 10.1. The van der Waals surface area contributed by atoms with Crippen molar-refractivity contribution in [3.63, 3.8) is 0 Å². The summed E-state index contributed by atoms with van der Waals surface area (Å²) in [6.45, 7) is 3.55. The Labute approximate surface area is 112 Å². The highest BCUT2D eigenvalue weighted by atomic mass is 16.1. The summed E-state index contributed by atoms with van der Waals surface area (Å²) in [7, 11) is 0. The first-order valence-electron chi connectivity index (χ1n) is 6.18. The Kier molecular flexibility index (Phi) is 3.85. The van der Waals surface area contributed by atoms with Crippen LogP contribution >= 0.6 is 0 Å². The zero-order chi connectivity index (χ0) is 13.8. The Morgan fingerprint density at radius 1 is 0.842 bits per heavy atom. The van der Waals surface area contributed by atoms with Crippen LogP contribution in [0.1, 0.15) is 40.4 Å². The van der Waals surface area contributed by atoms with Gasteiger partial charge in [0.1, 0.15) is 0 Å². The molecule has 0 amide bonds. The number of rotatable bonds is 4. The van der Waals surface area contributed by atoms with Gasteiger partial charge < -0.3 is 0 Å². The topological polar surface area (TPSA) is 38.0 Å². The summed E-state index contributed by atoms with van der Waals surface area (Å²) in [5.41, 5.74) is 2.16. The van der Waals surface area contributed by atoms with Crippen molar-refractivity contribution in [2.75, 3.05) is 0 Å². The molecule has 0 atom stereocenters. The molecule has 96 valence electrons. The molecule has 0 radical (unpaired) electrons. The van der Waals surface area contributed by atoms with Gasteiger partial charge in [-0.25, -0.2) is 0 Å². The van der Waals surface area contributed by atoms with Crippen molar-refractivity contribution in [1.29, 1.82) is 0 Å². The quantitative estimate of drug-likeness (QED) is 0.621. The zero-order valence-electron chi connectivity index (χ0n) is 11.1. The van der Waals surface area contributed by atoms with Crippen molar-refractivity contribution in [2.24, 2.45) is 0 Å². The number of benzene rings is 1. The first-order valence-corrected chi connectivity index (χ1v) is 6.18. The molecular formula is C16H16NO2+. The fraction of sp³-hybridized carbons (Fsp3) is 0.188. The molecule has 1 aromatic heterocycles. The fourth-order valence-corrected chi connectivity index (χ4v) is 2.09. The van der Waals surface area contributed by atoms with E-state index in [2.05, 4.69) is 0 Å². The molecule has 19 heavy (non-hydrogen) atoms. The number of carbonyl (C=O) groups is 2. The molecule has 2 rings (SSSR count). The lowest BCUT2D eigenvalue weighted by molar-refractivity contribution is -0.691. The highest BCUT2D eigenvalue weighted by Gasteiger charge is 2.22. The number of Topliss-reactive ketones (excluding diaryl/α,β-unsaturated/α-hetero) is 2. The maximum atomic E-state index is 11.7. The minimum Gasteiger partial charge on any atom is -0.288 e. The second-order valence-corrected chi connectivity index (χ2v) is 4.48. The molecule has 0 N–H and O–H groups in total. The van der Waals surface area contributed by atoms with Crippen LogP contribution in [-0.2, 0) is 6.54 Å². The van der Waals surface area contributed by atoms with Crippen molar-refractivity contribution < 1.29 is 14.2 Å². The predicted octanol–water partition coefficient (Wildman–Crippen LogP) is 2.43. The average Bonchev–Trinajstić information content (AvgIpc) is 2.39. The van der Waals surface area contributed by atoms with Crippen molar-refractivity contribution in [2.45, 2.75) is 20.4 Å². The molecule has 0 saturated heterocycles. The fourth-order valence-electron chi connectivity index (χ4n) is 2.09. The number of aromatic nitrogens is 1. The van der Waals surface area contributed by atoms with Crippen LogP contribution in [0.2, 0.25) is 0 Å². The molecule has 1 aromatic carbocycles. The Balaban J connectivity index is 2.52. The van der Waals surface area contributed by atoms with Crippen molar-refractivity contribution in [3.8, 4) is 0 Å². The molecule has 2 aromatic rings. The summed E-state index contributed by atoms with van der Waals surface area (Å²) in [5, 5.41) is 0. The molecule has 0 unspecified atom stereocenters. The molecule has 0 bridgehead atoms. The number of carbonyl (C=O) groups excluding carboxylic acids is 2. The third-order valence-corrected chi connectivity index (χ3v) is 2.99. The van der Waals surface area contributed by atoms with E-state index < -0.39 is 0 Å². The number of hydrogen-bond donors (Lipinski definition) is 0. The molecule has 0 aliphatic heterocycles. The molecular weight excluding hydrogens is 238 g/mol. The van der Waals surface area contributed by atoms with Gasteiger partial charge >= 0.3 is 0 Å². The van der Waals surface area contributed by atoms with Crippen molar-refractivity contribution in [3.05, 3.63) is 65.5 Å². The molecule has 3 heteroatoms. The maximum absolute atomic E-state index is 11.7. The third kappa shape index (κ3) is 2.94. The average molecular weight is 254 g/mol. The van der Waals surface area contributed by atoms with Gasteiger partial charge in [-0.05, 0) is 6.07 Å².